The van der Waals surface area contributed by atoms with E-state index in [0.717, 1.165) is 0 Å². The third-order valence-corrected chi connectivity index (χ3v) is 5.63. The minimum Gasteiger partial charge on any atom is -0.337 e. The van der Waals surface area contributed by atoms with Crippen molar-refractivity contribution in [2.75, 3.05) is 18.1 Å². The highest BCUT2D eigenvalue weighted by atomic mass is 32.2. The lowest BCUT2D eigenvalue weighted by Gasteiger charge is -2.26. The molecule has 10 nitrogen and oxygen atoms in total. The number of nitrogens with zero attached hydrogens (tertiary/aromatic N) is 5. The van der Waals surface area contributed by atoms with Gasteiger partial charge in [0.25, 0.3) is 0 Å². The first-order valence-corrected chi connectivity index (χ1v) is 9.65. The highest BCUT2D eigenvalue weighted by Gasteiger charge is 2.33. The summed E-state index contributed by atoms with van der Waals surface area (Å²) in [6.45, 7) is 2.26. The lowest BCUT2D eigenvalue weighted by molar-refractivity contribution is 0.182. The van der Waals surface area contributed by atoms with Crippen LogP contribution >= 0.6 is 0 Å². The number of hydrogen-bond donors (Lipinski definition) is 1. The van der Waals surface area contributed by atoms with Gasteiger partial charge in [0.15, 0.2) is 9.84 Å². The molecular formula is C14H18N6O4S. The van der Waals surface area contributed by atoms with Gasteiger partial charge in [-0.3, -0.25) is 0 Å². The number of sulfone groups is 1. The fraction of sp³-hybridized carbons (Fsp3) is 0.500. The number of nitrogens with one attached hydrogen (secondary N) is 1. The van der Waals surface area contributed by atoms with Crippen LogP contribution in [0.15, 0.2) is 23.0 Å². The third kappa shape index (κ3) is 4.10. The zero-order valence-electron chi connectivity index (χ0n) is 13.6. The van der Waals surface area contributed by atoms with Crippen LogP contribution in [0, 0.1) is 0 Å². The second kappa shape index (κ2) is 7.13. The molecule has 0 spiro atoms. The molecule has 1 N–H and O–H groups in total. The van der Waals surface area contributed by atoms with Crippen molar-refractivity contribution >= 4 is 15.9 Å². The van der Waals surface area contributed by atoms with Gasteiger partial charge in [-0.1, -0.05) is 5.16 Å². The van der Waals surface area contributed by atoms with Gasteiger partial charge in [-0.15, -0.1) is 0 Å². The molecule has 2 aromatic rings. The highest BCUT2D eigenvalue weighted by molar-refractivity contribution is 7.91. The van der Waals surface area contributed by atoms with E-state index < -0.39 is 9.84 Å². The molecule has 2 amide bonds. The second-order valence-electron chi connectivity index (χ2n) is 5.59. The zero-order valence-corrected chi connectivity index (χ0v) is 14.4. The number of carbonyl (C=O) groups excluding carboxylic acids is 1. The Balaban J connectivity index is 1.59. The van der Waals surface area contributed by atoms with Gasteiger partial charge in [-0.05, 0) is 19.4 Å². The van der Waals surface area contributed by atoms with E-state index in [-0.39, 0.29) is 41.8 Å². The molecule has 1 saturated heterocycles. The van der Waals surface area contributed by atoms with Crippen molar-refractivity contribution in [3.8, 4) is 11.6 Å². The first-order valence-electron chi connectivity index (χ1n) is 7.83. The Morgan fingerprint density at radius 2 is 2.12 bits per heavy atom. The van der Waals surface area contributed by atoms with E-state index in [4.69, 9.17) is 4.52 Å². The maximum Gasteiger partial charge on any atom is 0.318 e. The SMILES string of the molecule is CCN(C(=O)NCc1nc(-c2ncccn2)no1)[C@@H]1CCS(=O)(=O)C1. The summed E-state index contributed by atoms with van der Waals surface area (Å²) in [4.78, 5) is 26.0. The molecule has 25 heavy (non-hydrogen) atoms. The van der Waals surface area contributed by atoms with E-state index in [2.05, 4.69) is 25.4 Å². The molecule has 1 aliphatic heterocycles. The number of amides is 2. The van der Waals surface area contributed by atoms with Gasteiger partial charge in [0.1, 0.15) is 0 Å². The van der Waals surface area contributed by atoms with Crippen LogP contribution in [0.3, 0.4) is 0 Å². The van der Waals surface area contributed by atoms with Gasteiger partial charge in [0.05, 0.1) is 18.1 Å². The van der Waals surface area contributed by atoms with Gasteiger partial charge in [-0.2, -0.15) is 4.98 Å². The van der Waals surface area contributed by atoms with E-state index in [9.17, 15) is 13.2 Å². The van der Waals surface area contributed by atoms with E-state index in [1.54, 1.807) is 18.5 Å². The molecule has 1 aliphatic rings. The molecule has 2 aromatic heterocycles. The lowest BCUT2D eigenvalue weighted by Crippen LogP contribution is -2.46. The summed E-state index contributed by atoms with van der Waals surface area (Å²) in [5, 5.41) is 6.44. The van der Waals surface area contributed by atoms with Crippen LogP contribution in [0.1, 0.15) is 19.2 Å². The molecule has 1 atom stereocenters. The molecule has 0 bridgehead atoms. The number of rotatable bonds is 5. The lowest BCUT2D eigenvalue weighted by atomic mass is 10.2. The van der Waals surface area contributed by atoms with Crippen LogP contribution in [0.25, 0.3) is 11.6 Å². The Morgan fingerprint density at radius 3 is 2.76 bits per heavy atom. The summed E-state index contributed by atoms with van der Waals surface area (Å²) in [6.07, 6.45) is 3.59. The van der Waals surface area contributed by atoms with Crippen LogP contribution in [0.2, 0.25) is 0 Å². The number of urea groups is 1. The van der Waals surface area contributed by atoms with Gasteiger partial charge in [0.2, 0.25) is 17.5 Å². The minimum atomic E-state index is -3.05. The first kappa shape index (κ1) is 17.3. The van der Waals surface area contributed by atoms with Crippen molar-refractivity contribution in [1.29, 1.82) is 0 Å². The van der Waals surface area contributed by atoms with Gasteiger partial charge in [-0.25, -0.2) is 23.2 Å². The Labute approximate surface area is 144 Å². The highest BCUT2D eigenvalue weighted by Crippen LogP contribution is 2.18. The molecule has 134 valence electrons. The van der Waals surface area contributed by atoms with Crippen molar-refractivity contribution in [1.82, 2.24) is 30.3 Å². The molecule has 11 heteroatoms. The van der Waals surface area contributed by atoms with E-state index in [0.29, 0.717) is 18.8 Å². The Kier molecular flexibility index (Phi) is 4.93. The van der Waals surface area contributed by atoms with Crippen molar-refractivity contribution in [3.05, 3.63) is 24.4 Å². The fourth-order valence-electron chi connectivity index (χ4n) is 2.67. The molecule has 3 rings (SSSR count). The van der Waals surface area contributed by atoms with E-state index in [1.807, 2.05) is 6.92 Å². The van der Waals surface area contributed by atoms with Crippen molar-refractivity contribution in [2.45, 2.75) is 25.9 Å². The summed E-state index contributed by atoms with van der Waals surface area (Å²) in [5.74, 6) is 0.899. The summed E-state index contributed by atoms with van der Waals surface area (Å²) in [5.41, 5.74) is 0. The normalized spacial score (nSPS) is 18.8. The number of hydrogen-bond acceptors (Lipinski definition) is 8. The Hall–Kier alpha value is -2.56. The quantitative estimate of drug-likeness (QED) is 0.796. The van der Waals surface area contributed by atoms with Crippen LogP contribution in [0.5, 0.6) is 0 Å². The summed E-state index contributed by atoms with van der Waals surface area (Å²) in [6, 6.07) is 1.01. The van der Waals surface area contributed by atoms with Gasteiger partial charge in [0, 0.05) is 25.0 Å². The average Bonchev–Trinajstić information content (AvgIpc) is 3.21. The average molecular weight is 366 g/mol. The van der Waals surface area contributed by atoms with Crippen molar-refractivity contribution in [3.63, 3.8) is 0 Å². The minimum absolute atomic E-state index is 0.00428. The summed E-state index contributed by atoms with van der Waals surface area (Å²) in [7, 11) is -3.05. The van der Waals surface area contributed by atoms with E-state index in [1.165, 1.54) is 4.90 Å². The molecule has 0 saturated carbocycles. The monoisotopic (exact) mass is 366 g/mol. The number of carbonyl (C=O) groups is 1. The van der Waals surface area contributed by atoms with Gasteiger partial charge >= 0.3 is 6.03 Å². The molecular weight excluding hydrogens is 348 g/mol. The standard InChI is InChI=1S/C14H18N6O4S/c1-2-20(10-4-7-25(22,23)9-10)14(21)17-8-11-18-13(19-24-11)12-15-5-3-6-16-12/h3,5-6,10H,2,4,7-9H2,1H3,(H,17,21)/t10-/m1/s1. The van der Waals surface area contributed by atoms with Crippen LogP contribution in [-0.4, -0.2) is 63.5 Å². The maximum atomic E-state index is 12.3. The molecule has 0 unspecified atom stereocenters. The fourth-order valence-corrected chi connectivity index (χ4v) is 4.40. The van der Waals surface area contributed by atoms with Crippen LogP contribution in [0.4, 0.5) is 4.79 Å². The molecule has 1 fully saturated rings. The van der Waals surface area contributed by atoms with Gasteiger partial charge < -0.3 is 14.7 Å². The van der Waals surface area contributed by atoms with Crippen LogP contribution in [-0.2, 0) is 16.4 Å². The smallest absolute Gasteiger partial charge is 0.318 e. The van der Waals surface area contributed by atoms with Crippen molar-refractivity contribution in [2.24, 2.45) is 0 Å². The third-order valence-electron chi connectivity index (χ3n) is 3.88. The molecule has 0 aromatic carbocycles. The zero-order chi connectivity index (χ0) is 17.9. The molecule has 3 heterocycles. The topological polar surface area (TPSA) is 131 Å². The summed E-state index contributed by atoms with van der Waals surface area (Å²) >= 11 is 0. The Bertz CT molecular complexity index is 838. The molecule has 0 aliphatic carbocycles. The summed E-state index contributed by atoms with van der Waals surface area (Å²) < 4.78 is 28.3. The predicted molar refractivity (Wildman–Crippen MR) is 87.0 cm³/mol. The van der Waals surface area contributed by atoms with E-state index >= 15 is 0 Å². The predicted octanol–water partition coefficient (Wildman–Crippen LogP) is 0.245. The first-order chi connectivity index (χ1) is 12.0. The van der Waals surface area contributed by atoms with Crippen LogP contribution < -0.4 is 5.32 Å². The Morgan fingerprint density at radius 1 is 1.36 bits per heavy atom. The second-order valence-corrected chi connectivity index (χ2v) is 7.81. The van der Waals surface area contributed by atoms with Crippen molar-refractivity contribution < 1.29 is 17.7 Å². The number of aromatic nitrogens is 4. The molecule has 0 radical (unpaired) electrons. The largest absolute Gasteiger partial charge is 0.337 e. The maximum absolute atomic E-state index is 12.3.